The van der Waals surface area contributed by atoms with E-state index in [1.165, 1.54) is 24.4 Å². The molecule has 0 fully saturated rings. The zero-order chi connectivity index (χ0) is 14.8. The van der Waals surface area contributed by atoms with Gasteiger partial charge in [0.2, 0.25) is 5.88 Å². The summed E-state index contributed by atoms with van der Waals surface area (Å²) in [6.07, 6.45) is 2.52. The maximum absolute atomic E-state index is 11.5. The Morgan fingerprint density at radius 2 is 2.00 bits per heavy atom. The van der Waals surface area contributed by atoms with E-state index in [2.05, 4.69) is 4.98 Å². The average molecular weight is 293 g/mol. The van der Waals surface area contributed by atoms with Crippen LogP contribution < -0.4 is 4.74 Å². The molecule has 1 aromatic heterocycles. The number of ether oxygens (including phenoxy) is 1. The molecular weight excluding hydrogens is 282 g/mol. The molecule has 0 bridgehead atoms. The fraction of sp³-hybridized carbons (Fsp3) is 0.0769. The Balaban J connectivity index is 2.50. The van der Waals surface area contributed by atoms with Gasteiger partial charge in [-0.25, -0.2) is 18.2 Å². The van der Waals surface area contributed by atoms with Gasteiger partial charge in [0.05, 0.1) is 4.90 Å². The van der Waals surface area contributed by atoms with E-state index in [4.69, 9.17) is 9.84 Å². The van der Waals surface area contributed by atoms with Crippen LogP contribution in [0.15, 0.2) is 47.5 Å². The lowest BCUT2D eigenvalue weighted by Gasteiger charge is -2.09. The second-order valence-electron chi connectivity index (χ2n) is 4.01. The number of pyridine rings is 1. The Morgan fingerprint density at radius 3 is 2.55 bits per heavy atom. The maximum Gasteiger partial charge on any atom is 0.339 e. The number of sulfone groups is 1. The number of aromatic nitrogens is 1. The van der Waals surface area contributed by atoms with Gasteiger partial charge in [0.25, 0.3) is 0 Å². The summed E-state index contributed by atoms with van der Waals surface area (Å²) in [4.78, 5) is 15.0. The summed E-state index contributed by atoms with van der Waals surface area (Å²) in [5.41, 5.74) is -0.136. The van der Waals surface area contributed by atoms with Crippen molar-refractivity contribution in [3.63, 3.8) is 0 Å². The van der Waals surface area contributed by atoms with Gasteiger partial charge in [0.1, 0.15) is 11.3 Å². The van der Waals surface area contributed by atoms with Crippen molar-refractivity contribution in [2.45, 2.75) is 4.90 Å². The number of aromatic carboxylic acids is 1. The molecule has 0 aliphatic heterocycles. The van der Waals surface area contributed by atoms with Gasteiger partial charge >= 0.3 is 5.97 Å². The van der Waals surface area contributed by atoms with Crippen LogP contribution in [-0.4, -0.2) is 30.7 Å². The highest BCUT2D eigenvalue weighted by Crippen LogP contribution is 2.27. The zero-order valence-electron chi connectivity index (χ0n) is 10.5. The van der Waals surface area contributed by atoms with Crippen molar-refractivity contribution in [1.29, 1.82) is 0 Å². The second-order valence-corrected chi connectivity index (χ2v) is 6.02. The van der Waals surface area contributed by atoms with Crippen LogP contribution in [0.5, 0.6) is 11.6 Å². The SMILES string of the molecule is CS(=O)(=O)c1ccc(C(=O)O)c(Oc2ccccn2)c1. The minimum atomic E-state index is -3.45. The minimum Gasteiger partial charge on any atom is -0.478 e. The predicted octanol–water partition coefficient (Wildman–Crippen LogP) is 1.98. The third-order valence-corrected chi connectivity index (χ3v) is 3.57. The molecule has 7 heteroatoms. The van der Waals surface area contributed by atoms with Crippen LogP contribution in [0.1, 0.15) is 10.4 Å². The van der Waals surface area contributed by atoms with Gasteiger partial charge in [-0.1, -0.05) is 6.07 Å². The van der Waals surface area contributed by atoms with Crippen LogP contribution in [0.3, 0.4) is 0 Å². The molecule has 2 rings (SSSR count). The number of rotatable bonds is 4. The Labute approximate surface area is 115 Å². The second kappa shape index (κ2) is 5.30. The number of carboxylic acid groups (broad SMARTS) is 1. The normalized spacial score (nSPS) is 11.1. The molecule has 1 N–H and O–H groups in total. The Morgan fingerprint density at radius 1 is 1.25 bits per heavy atom. The lowest BCUT2D eigenvalue weighted by atomic mass is 10.2. The topological polar surface area (TPSA) is 93.6 Å². The number of hydrogen-bond acceptors (Lipinski definition) is 5. The van der Waals surface area contributed by atoms with Crippen LogP contribution >= 0.6 is 0 Å². The highest BCUT2D eigenvalue weighted by atomic mass is 32.2. The smallest absolute Gasteiger partial charge is 0.339 e. The van der Waals surface area contributed by atoms with Gasteiger partial charge in [0, 0.05) is 24.6 Å². The van der Waals surface area contributed by atoms with E-state index in [0.717, 1.165) is 6.26 Å². The summed E-state index contributed by atoms with van der Waals surface area (Å²) in [5.74, 6) is -1.10. The number of nitrogens with zero attached hydrogens (tertiary/aromatic N) is 1. The molecule has 0 atom stereocenters. The first-order valence-electron chi connectivity index (χ1n) is 5.54. The van der Waals surface area contributed by atoms with E-state index >= 15 is 0 Å². The van der Waals surface area contributed by atoms with E-state index in [1.54, 1.807) is 18.2 Å². The van der Waals surface area contributed by atoms with Crippen molar-refractivity contribution in [3.05, 3.63) is 48.2 Å². The molecule has 2 aromatic rings. The van der Waals surface area contributed by atoms with E-state index in [-0.39, 0.29) is 22.1 Å². The summed E-state index contributed by atoms with van der Waals surface area (Å²) in [6.45, 7) is 0. The zero-order valence-corrected chi connectivity index (χ0v) is 11.3. The third kappa shape index (κ3) is 3.12. The van der Waals surface area contributed by atoms with Gasteiger partial charge in [-0.15, -0.1) is 0 Å². The Hall–Kier alpha value is -2.41. The average Bonchev–Trinajstić information content (AvgIpc) is 2.38. The molecule has 0 saturated carbocycles. The summed E-state index contributed by atoms with van der Waals surface area (Å²) in [6, 6.07) is 8.48. The molecular formula is C13H11NO5S. The summed E-state index contributed by atoms with van der Waals surface area (Å²) in [7, 11) is -3.45. The predicted molar refractivity (Wildman–Crippen MR) is 70.8 cm³/mol. The maximum atomic E-state index is 11.5. The standard InChI is InChI=1S/C13H11NO5S/c1-20(17,18)9-5-6-10(13(15)16)11(8-9)19-12-4-2-3-7-14-12/h2-8H,1H3,(H,15,16). The van der Waals surface area contributed by atoms with Crippen molar-refractivity contribution < 1.29 is 23.1 Å². The first-order chi connectivity index (χ1) is 9.38. The van der Waals surface area contributed by atoms with Crippen molar-refractivity contribution in [1.82, 2.24) is 4.98 Å². The summed E-state index contributed by atoms with van der Waals surface area (Å²) < 4.78 is 28.4. The highest BCUT2D eigenvalue weighted by molar-refractivity contribution is 7.90. The van der Waals surface area contributed by atoms with Crippen molar-refractivity contribution in [3.8, 4) is 11.6 Å². The quantitative estimate of drug-likeness (QED) is 0.926. The van der Waals surface area contributed by atoms with Gasteiger partial charge in [0.15, 0.2) is 9.84 Å². The van der Waals surface area contributed by atoms with Gasteiger partial charge in [-0.2, -0.15) is 0 Å². The molecule has 1 heterocycles. The van der Waals surface area contributed by atoms with Crippen LogP contribution in [-0.2, 0) is 9.84 Å². The van der Waals surface area contributed by atoms with Crippen LogP contribution in [0.4, 0.5) is 0 Å². The molecule has 0 saturated heterocycles. The van der Waals surface area contributed by atoms with Crippen molar-refractivity contribution in [2.24, 2.45) is 0 Å². The molecule has 0 radical (unpaired) electrons. The van der Waals surface area contributed by atoms with E-state index in [9.17, 15) is 13.2 Å². The molecule has 0 aliphatic carbocycles. The fourth-order valence-electron chi connectivity index (χ4n) is 1.51. The molecule has 0 aliphatic rings. The minimum absolute atomic E-state index is 0.0200. The molecule has 6 nitrogen and oxygen atoms in total. The number of hydrogen-bond donors (Lipinski definition) is 1. The van der Waals surface area contributed by atoms with E-state index in [0.29, 0.717) is 0 Å². The van der Waals surface area contributed by atoms with Gasteiger partial charge in [-0.3, -0.25) is 0 Å². The lowest BCUT2D eigenvalue weighted by molar-refractivity contribution is 0.0694. The van der Waals surface area contributed by atoms with Crippen LogP contribution in [0.2, 0.25) is 0 Å². The Bertz CT molecular complexity index is 741. The first-order valence-corrected chi connectivity index (χ1v) is 7.43. The molecule has 1 aromatic carbocycles. The molecule has 104 valence electrons. The molecule has 0 unspecified atom stereocenters. The molecule has 0 amide bonds. The van der Waals surface area contributed by atoms with E-state index < -0.39 is 15.8 Å². The Kier molecular flexibility index (Phi) is 3.71. The summed E-state index contributed by atoms with van der Waals surface area (Å²) >= 11 is 0. The largest absolute Gasteiger partial charge is 0.478 e. The van der Waals surface area contributed by atoms with Crippen molar-refractivity contribution >= 4 is 15.8 Å². The molecule has 20 heavy (non-hydrogen) atoms. The summed E-state index contributed by atoms with van der Waals surface area (Å²) in [5, 5.41) is 9.09. The van der Waals surface area contributed by atoms with Crippen LogP contribution in [0, 0.1) is 0 Å². The third-order valence-electron chi connectivity index (χ3n) is 2.46. The molecule has 0 spiro atoms. The van der Waals surface area contributed by atoms with E-state index in [1.807, 2.05) is 0 Å². The van der Waals surface area contributed by atoms with Crippen LogP contribution in [0.25, 0.3) is 0 Å². The number of benzene rings is 1. The van der Waals surface area contributed by atoms with Gasteiger partial charge < -0.3 is 9.84 Å². The monoisotopic (exact) mass is 293 g/mol. The van der Waals surface area contributed by atoms with Gasteiger partial charge in [-0.05, 0) is 18.2 Å². The number of carboxylic acids is 1. The van der Waals surface area contributed by atoms with Crippen molar-refractivity contribution in [2.75, 3.05) is 6.26 Å². The fourth-order valence-corrected chi connectivity index (χ4v) is 2.15. The first kappa shape index (κ1) is 14.0. The lowest BCUT2D eigenvalue weighted by Crippen LogP contribution is -2.04. The number of carbonyl (C=O) groups is 1. The highest BCUT2D eigenvalue weighted by Gasteiger charge is 2.17.